The molecule has 0 saturated carbocycles. The van der Waals surface area contributed by atoms with Crippen LogP contribution >= 0.6 is 11.3 Å². The Morgan fingerprint density at radius 3 is 2.69 bits per heavy atom. The van der Waals surface area contributed by atoms with Crippen molar-refractivity contribution >= 4 is 27.3 Å². The number of hydrogen-bond donors (Lipinski definition) is 0. The van der Waals surface area contributed by atoms with Crippen LogP contribution in [0.4, 0.5) is 4.39 Å². The van der Waals surface area contributed by atoms with Gasteiger partial charge in [0.05, 0.1) is 17.2 Å². The number of halogens is 1. The van der Waals surface area contributed by atoms with Crippen molar-refractivity contribution < 1.29 is 27.1 Å². The van der Waals surface area contributed by atoms with Gasteiger partial charge in [0.15, 0.2) is 6.61 Å². The second-order valence-corrected chi connectivity index (χ2v) is 8.14. The summed E-state index contributed by atoms with van der Waals surface area (Å²) in [6, 6.07) is 11.2. The molecule has 3 rings (SSSR count). The van der Waals surface area contributed by atoms with E-state index in [1.54, 1.807) is 47.3 Å². The summed E-state index contributed by atoms with van der Waals surface area (Å²) in [6.07, 6.45) is 1.66. The SMILES string of the molecule is CCOC(=O)COc1cccc(-n2ccs/c2=N/S(=O)(=O)c2ccc(F)cc2)c1. The molecule has 0 aliphatic heterocycles. The van der Waals surface area contributed by atoms with Gasteiger partial charge in [0.2, 0.25) is 4.80 Å². The van der Waals surface area contributed by atoms with Crippen LogP contribution in [-0.2, 0) is 19.6 Å². The van der Waals surface area contributed by atoms with E-state index in [9.17, 15) is 17.6 Å². The van der Waals surface area contributed by atoms with Crippen molar-refractivity contribution in [2.75, 3.05) is 13.2 Å². The molecular formula is C19H17FN2O5S2. The first-order valence-electron chi connectivity index (χ1n) is 8.50. The zero-order valence-electron chi connectivity index (χ0n) is 15.3. The molecule has 0 fully saturated rings. The lowest BCUT2D eigenvalue weighted by Crippen LogP contribution is -2.16. The lowest BCUT2D eigenvalue weighted by atomic mass is 10.3. The summed E-state index contributed by atoms with van der Waals surface area (Å²) in [7, 11) is -4.01. The van der Waals surface area contributed by atoms with Gasteiger partial charge in [0, 0.05) is 17.6 Å². The van der Waals surface area contributed by atoms with Gasteiger partial charge in [-0.3, -0.25) is 4.57 Å². The minimum Gasteiger partial charge on any atom is -0.482 e. The molecule has 2 aromatic carbocycles. The Morgan fingerprint density at radius 2 is 1.97 bits per heavy atom. The van der Waals surface area contributed by atoms with Gasteiger partial charge in [-0.1, -0.05) is 6.07 Å². The predicted octanol–water partition coefficient (Wildman–Crippen LogP) is 2.91. The van der Waals surface area contributed by atoms with Crippen LogP contribution in [0.1, 0.15) is 6.92 Å². The summed E-state index contributed by atoms with van der Waals surface area (Å²) in [6.45, 7) is 1.74. The average molecular weight is 436 g/mol. The third kappa shape index (κ3) is 5.30. The van der Waals surface area contributed by atoms with Crippen molar-refractivity contribution in [3.05, 3.63) is 70.7 Å². The van der Waals surface area contributed by atoms with Gasteiger partial charge >= 0.3 is 5.97 Å². The van der Waals surface area contributed by atoms with E-state index in [4.69, 9.17) is 9.47 Å². The molecule has 0 aliphatic carbocycles. The summed E-state index contributed by atoms with van der Waals surface area (Å²) in [4.78, 5) is 11.5. The lowest BCUT2D eigenvalue weighted by Gasteiger charge is -2.08. The lowest BCUT2D eigenvalue weighted by molar-refractivity contribution is -0.145. The molecule has 0 spiro atoms. The van der Waals surface area contributed by atoms with Crippen molar-refractivity contribution in [3.8, 4) is 11.4 Å². The highest BCUT2D eigenvalue weighted by molar-refractivity contribution is 7.90. The fourth-order valence-corrected chi connectivity index (χ4v) is 4.29. The van der Waals surface area contributed by atoms with Gasteiger partial charge in [-0.2, -0.15) is 8.42 Å². The first-order valence-corrected chi connectivity index (χ1v) is 10.8. The van der Waals surface area contributed by atoms with Crippen molar-refractivity contribution in [1.29, 1.82) is 0 Å². The molecule has 1 heterocycles. The third-order valence-electron chi connectivity index (χ3n) is 3.66. The molecule has 0 amide bonds. The summed E-state index contributed by atoms with van der Waals surface area (Å²) >= 11 is 1.13. The van der Waals surface area contributed by atoms with E-state index in [0.29, 0.717) is 11.4 Å². The average Bonchev–Trinajstić information content (AvgIpc) is 3.14. The van der Waals surface area contributed by atoms with Crippen LogP contribution in [-0.4, -0.2) is 32.2 Å². The van der Waals surface area contributed by atoms with Crippen molar-refractivity contribution in [2.45, 2.75) is 11.8 Å². The van der Waals surface area contributed by atoms with Crippen LogP contribution in [0.15, 0.2) is 69.4 Å². The fourth-order valence-electron chi connectivity index (χ4n) is 2.36. The monoisotopic (exact) mass is 436 g/mol. The van der Waals surface area contributed by atoms with E-state index in [2.05, 4.69) is 4.40 Å². The highest BCUT2D eigenvalue weighted by atomic mass is 32.2. The van der Waals surface area contributed by atoms with Gasteiger partial charge in [-0.25, -0.2) is 9.18 Å². The van der Waals surface area contributed by atoms with Crippen LogP contribution in [0.25, 0.3) is 5.69 Å². The standard InChI is InChI=1S/C19H17FN2O5S2/c1-2-26-18(23)13-27-16-5-3-4-15(12-16)22-10-11-28-19(22)21-29(24,25)17-8-6-14(20)7-9-17/h3-12H,2,13H2,1H3/b21-19+. The molecule has 0 aliphatic rings. The van der Waals surface area contributed by atoms with E-state index in [1.165, 1.54) is 0 Å². The molecule has 0 atom stereocenters. The maximum atomic E-state index is 13.1. The first-order chi connectivity index (χ1) is 13.9. The van der Waals surface area contributed by atoms with E-state index in [1.807, 2.05) is 0 Å². The number of sulfonamides is 1. The Hall–Kier alpha value is -2.98. The zero-order valence-corrected chi connectivity index (χ0v) is 17.0. The molecule has 0 N–H and O–H groups in total. The molecule has 29 heavy (non-hydrogen) atoms. The number of carbonyl (C=O) groups excluding carboxylic acids is 1. The second-order valence-electron chi connectivity index (χ2n) is 5.67. The normalized spacial score (nSPS) is 12.0. The first kappa shape index (κ1) is 20.7. The molecule has 0 bridgehead atoms. The van der Waals surface area contributed by atoms with E-state index < -0.39 is 21.8 Å². The summed E-state index contributed by atoms with van der Waals surface area (Å²) in [5.74, 6) is -0.599. The quantitative estimate of drug-likeness (QED) is 0.532. The fraction of sp³-hybridized carbons (Fsp3) is 0.158. The minimum absolute atomic E-state index is 0.106. The van der Waals surface area contributed by atoms with Crippen molar-refractivity contribution in [1.82, 2.24) is 4.57 Å². The number of aromatic nitrogens is 1. The third-order valence-corrected chi connectivity index (χ3v) is 5.81. The zero-order chi connectivity index (χ0) is 20.9. The second kappa shape index (κ2) is 9.01. The Labute approximate surface area is 170 Å². The maximum Gasteiger partial charge on any atom is 0.344 e. The number of nitrogens with zero attached hydrogens (tertiary/aromatic N) is 2. The van der Waals surface area contributed by atoms with Crippen LogP contribution in [0.2, 0.25) is 0 Å². The highest BCUT2D eigenvalue weighted by Crippen LogP contribution is 2.17. The Balaban J connectivity index is 1.90. The van der Waals surface area contributed by atoms with Gasteiger partial charge < -0.3 is 9.47 Å². The molecule has 0 saturated heterocycles. The number of hydrogen-bond acceptors (Lipinski definition) is 6. The summed E-state index contributed by atoms with van der Waals surface area (Å²) < 4.78 is 53.8. The largest absolute Gasteiger partial charge is 0.482 e. The topological polar surface area (TPSA) is 87.0 Å². The van der Waals surface area contributed by atoms with Crippen LogP contribution in [0.5, 0.6) is 5.75 Å². The predicted molar refractivity (Wildman–Crippen MR) is 105 cm³/mol. The number of esters is 1. The van der Waals surface area contributed by atoms with Crippen LogP contribution in [0, 0.1) is 5.82 Å². The molecule has 10 heteroatoms. The molecule has 1 aromatic heterocycles. The number of carbonyl (C=O) groups is 1. The van der Waals surface area contributed by atoms with E-state index in [0.717, 1.165) is 35.6 Å². The maximum absolute atomic E-state index is 13.1. The smallest absolute Gasteiger partial charge is 0.344 e. The summed E-state index contributed by atoms with van der Waals surface area (Å²) in [5.41, 5.74) is 0.598. The molecular weight excluding hydrogens is 419 g/mol. The molecule has 0 radical (unpaired) electrons. The highest BCUT2D eigenvalue weighted by Gasteiger charge is 2.14. The molecule has 3 aromatic rings. The molecule has 7 nitrogen and oxygen atoms in total. The van der Waals surface area contributed by atoms with Gasteiger partial charge in [0.1, 0.15) is 11.6 Å². The number of ether oxygens (including phenoxy) is 2. The van der Waals surface area contributed by atoms with E-state index in [-0.39, 0.29) is 22.9 Å². The van der Waals surface area contributed by atoms with E-state index >= 15 is 0 Å². The molecule has 152 valence electrons. The number of thiazole rings is 1. The van der Waals surface area contributed by atoms with Crippen molar-refractivity contribution in [2.24, 2.45) is 4.40 Å². The van der Waals surface area contributed by atoms with Gasteiger partial charge in [-0.15, -0.1) is 15.7 Å². The molecule has 0 unspecified atom stereocenters. The van der Waals surface area contributed by atoms with Gasteiger partial charge in [0.25, 0.3) is 10.0 Å². The Kier molecular flexibility index (Phi) is 6.45. The minimum atomic E-state index is -4.01. The van der Waals surface area contributed by atoms with Crippen LogP contribution < -0.4 is 9.54 Å². The van der Waals surface area contributed by atoms with Crippen molar-refractivity contribution in [3.63, 3.8) is 0 Å². The summed E-state index contributed by atoms with van der Waals surface area (Å²) in [5, 5.41) is 1.69. The number of rotatable bonds is 7. The van der Waals surface area contributed by atoms with Crippen LogP contribution in [0.3, 0.4) is 0 Å². The number of benzene rings is 2. The Morgan fingerprint density at radius 1 is 1.21 bits per heavy atom. The Bertz CT molecular complexity index is 1170. The van der Waals surface area contributed by atoms with Gasteiger partial charge in [-0.05, 0) is 43.3 Å².